The Balaban J connectivity index is 2.19. The topological polar surface area (TPSA) is 54.4 Å². The fourth-order valence-corrected chi connectivity index (χ4v) is 2.08. The molecule has 0 aromatic heterocycles. The van der Waals surface area contributed by atoms with E-state index in [4.69, 9.17) is 16.7 Å². The Labute approximate surface area is 98.0 Å². The van der Waals surface area contributed by atoms with Gasteiger partial charge in [0, 0.05) is 17.9 Å². The maximum Gasteiger partial charge on any atom is 0.303 e. The first-order chi connectivity index (χ1) is 7.54. The molecule has 1 unspecified atom stereocenters. The average molecular weight is 239 g/mol. The molecule has 0 radical (unpaired) electrons. The maximum absolute atomic E-state index is 11.5. The van der Waals surface area contributed by atoms with Crippen LogP contribution in [0.15, 0.2) is 24.3 Å². The Bertz CT molecular complexity index is 438. The zero-order chi connectivity index (χ0) is 11.8. The summed E-state index contributed by atoms with van der Waals surface area (Å²) in [7, 11) is 0. The number of carbonyl (C=O) groups excluding carboxylic acids is 1. The van der Waals surface area contributed by atoms with Crippen molar-refractivity contribution >= 4 is 23.4 Å². The standard InChI is InChI=1S/C12H11ClO3/c13-9-3-1-8(2-4-9)12(7-10(12)14)6-5-11(15)16/h1-4H,5-7H2,(H,15,16). The highest BCUT2D eigenvalue weighted by Crippen LogP contribution is 2.48. The number of hydrogen-bond acceptors (Lipinski definition) is 2. The highest BCUT2D eigenvalue weighted by Gasteiger charge is 2.54. The third kappa shape index (κ3) is 1.95. The summed E-state index contributed by atoms with van der Waals surface area (Å²) in [6, 6.07) is 7.06. The summed E-state index contributed by atoms with van der Waals surface area (Å²) in [5.74, 6) is -0.746. The zero-order valence-electron chi connectivity index (χ0n) is 8.57. The van der Waals surface area contributed by atoms with Crippen molar-refractivity contribution in [2.75, 3.05) is 0 Å². The van der Waals surface area contributed by atoms with E-state index in [1.165, 1.54) is 0 Å². The molecule has 4 heteroatoms. The predicted octanol–water partition coefficient (Wildman–Crippen LogP) is 2.42. The molecule has 0 amide bonds. The van der Waals surface area contributed by atoms with E-state index in [2.05, 4.69) is 0 Å². The van der Waals surface area contributed by atoms with Gasteiger partial charge in [-0.2, -0.15) is 0 Å². The van der Waals surface area contributed by atoms with Gasteiger partial charge in [-0.3, -0.25) is 9.59 Å². The third-order valence-corrected chi connectivity index (χ3v) is 3.29. The molecule has 1 fully saturated rings. The van der Waals surface area contributed by atoms with Crippen LogP contribution in [0.1, 0.15) is 24.8 Å². The smallest absolute Gasteiger partial charge is 0.303 e. The molecule has 0 aliphatic heterocycles. The number of carboxylic acids is 1. The van der Waals surface area contributed by atoms with Gasteiger partial charge in [0.2, 0.25) is 0 Å². The number of carbonyl (C=O) groups is 2. The summed E-state index contributed by atoms with van der Waals surface area (Å²) < 4.78 is 0. The Kier molecular flexibility index (Phi) is 2.72. The van der Waals surface area contributed by atoms with Gasteiger partial charge in [-0.15, -0.1) is 0 Å². The van der Waals surface area contributed by atoms with Crippen LogP contribution in [0.3, 0.4) is 0 Å². The number of halogens is 1. The first kappa shape index (κ1) is 11.1. The normalized spacial score (nSPS) is 23.2. The molecule has 1 N–H and O–H groups in total. The van der Waals surface area contributed by atoms with Crippen LogP contribution in [0, 0.1) is 0 Å². The van der Waals surface area contributed by atoms with Crippen molar-refractivity contribution in [2.45, 2.75) is 24.7 Å². The average Bonchev–Trinajstić information content (AvgIpc) is 2.89. The third-order valence-electron chi connectivity index (χ3n) is 3.03. The van der Waals surface area contributed by atoms with Crippen LogP contribution in [0.4, 0.5) is 0 Å². The van der Waals surface area contributed by atoms with E-state index in [-0.39, 0.29) is 12.2 Å². The van der Waals surface area contributed by atoms with Crippen molar-refractivity contribution in [2.24, 2.45) is 0 Å². The lowest BCUT2D eigenvalue weighted by Gasteiger charge is -2.11. The van der Waals surface area contributed by atoms with Crippen LogP contribution >= 0.6 is 11.6 Å². The molecule has 3 nitrogen and oxygen atoms in total. The fourth-order valence-electron chi connectivity index (χ4n) is 1.95. The van der Waals surface area contributed by atoms with Crippen LogP contribution in [-0.2, 0) is 15.0 Å². The van der Waals surface area contributed by atoms with E-state index in [0.717, 1.165) is 5.56 Å². The van der Waals surface area contributed by atoms with E-state index in [0.29, 0.717) is 17.9 Å². The summed E-state index contributed by atoms with van der Waals surface area (Å²) in [5, 5.41) is 9.27. The lowest BCUT2D eigenvalue weighted by atomic mass is 9.91. The van der Waals surface area contributed by atoms with E-state index in [9.17, 15) is 9.59 Å². The predicted molar refractivity (Wildman–Crippen MR) is 59.6 cm³/mol. The fraction of sp³-hybridized carbons (Fsp3) is 0.333. The molecule has 1 saturated carbocycles. The molecular formula is C12H11ClO3. The van der Waals surface area contributed by atoms with Gasteiger partial charge in [0.25, 0.3) is 0 Å². The van der Waals surface area contributed by atoms with Crippen LogP contribution in [0.5, 0.6) is 0 Å². The molecule has 84 valence electrons. The van der Waals surface area contributed by atoms with Crippen molar-refractivity contribution in [3.05, 3.63) is 34.9 Å². The van der Waals surface area contributed by atoms with Crippen LogP contribution in [-0.4, -0.2) is 16.9 Å². The van der Waals surface area contributed by atoms with E-state index in [1.807, 2.05) is 0 Å². The summed E-state index contributed by atoms with van der Waals surface area (Å²) in [6.07, 6.45) is 0.846. The van der Waals surface area contributed by atoms with Gasteiger partial charge in [-0.1, -0.05) is 23.7 Å². The molecule has 2 rings (SSSR count). The summed E-state index contributed by atoms with van der Waals surface area (Å²) in [4.78, 5) is 22.0. The molecule has 0 spiro atoms. The molecule has 0 bridgehead atoms. The first-order valence-electron chi connectivity index (χ1n) is 5.06. The summed E-state index contributed by atoms with van der Waals surface area (Å²) >= 11 is 5.77. The molecule has 1 aliphatic rings. The molecule has 16 heavy (non-hydrogen) atoms. The van der Waals surface area contributed by atoms with E-state index < -0.39 is 11.4 Å². The van der Waals surface area contributed by atoms with Gasteiger partial charge in [0.15, 0.2) is 0 Å². The summed E-state index contributed by atoms with van der Waals surface area (Å²) in [6.45, 7) is 0. The van der Waals surface area contributed by atoms with Crippen molar-refractivity contribution < 1.29 is 14.7 Å². The first-order valence-corrected chi connectivity index (χ1v) is 5.43. The van der Waals surface area contributed by atoms with Gasteiger partial charge < -0.3 is 5.11 Å². The molecule has 1 atom stereocenters. The Morgan fingerprint density at radius 3 is 2.38 bits per heavy atom. The van der Waals surface area contributed by atoms with Gasteiger partial charge in [0.05, 0.1) is 5.41 Å². The zero-order valence-corrected chi connectivity index (χ0v) is 9.33. The highest BCUT2D eigenvalue weighted by atomic mass is 35.5. The van der Waals surface area contributed by atoms with Crippen molar-refractivity contribution in [1.82, 2.24) is 0 Å². The van der Waals surface area contributed by atoms with E-state index >= 15 is 0 Å². The highest BCUT2D eigenvalue weighted by molar-refractivity contribution is 6.30. The minimum atomic E-state index is -0.868. The largest absolute Gasteiger partial charge is 0.481 e. The van der Waals surface area contributed by atoms with E-state index in [1.54, 1.807) is 24.3 Å². The van der Waals surface area contributed by atoms with Crippen LogP contribution in [0.2, 0.25) is 5.02 Å². The molecular weight excluding hydrogens is 228 g/mol. The maximum atomic E-state index is 11.5. The minimum absolute atomic E-state index is 0.0222. The van der Waals surface area contributed by atoms with Gasteiger partial charge in [0.1, 0.15) is 5.78 Å². The summed E-state index contributed by atoms with van der Waals surface area (Å²) in [5.41, 5.74) is 0.325. The lowest BCUT2D eigenvalue weighted by molar-refractivity contribution is -0.137. The number of Topliss-reactive ketones (excluding diaryl/α,β-unsaturated/α-hetero) is 1. The van der Waals surface area contributed by atoms with Crippen molar-refractivity contribution in [3.63, 3.8) is 0 Å². The Morgan fingerprint density at radius 1 is 1.38 bits per heavy atom. The Morgan fingerprint density at radius 2 is 1.94 bits per heavy atom. The quantitative estimate of drug-likeness (QED) is 0.877. The monoisotopic (exact) mass is 238 g/mol. The number of ketones is 1. The van der Waals surface area contributed by atoms with Gasteiger partial charge in [-0.25, -0.2) is 0 Å². The number of carboxylic acid groups (broad SMARTS) is 1. The van der Waals surface area contributed by atoms with Crippen molar-refractivity contribution in [3.8, 4) is 0 Å². The van der Waals surface area contributed by atoms with Crippen molar-refractivity contribution in [1.29, 1.82) is 0 Å². The molecule has 1 aromatic rings. The molecule has 1 aromatic carbocycles. The SMILES string of the molecule is O=C(O)CCC1(c2ccc(Cl)cc2)CC1=O. The number of aliphatic carboxylic acids is 1. The van der Waals surface area contributed by atoms with Crippen LogP contribution < -0.4 is 0 Å². The molecule has 0 heterocycles. The number of rotatable bonds is 4. The molecule has 1 aliphatic carbocycles. The number of hydrogen-bond donors (Lipinski definition) is 1. The minimum Gasteiger partial charge on any atom is -0.481 e. The second-order valence-electron chi connectivity index (χ2n) is 4.08. The second-order valence-corrected chi connectivity index (χ2v) is 4.52. The van der Waals surface area contributed by atoms with Crippen LogP contribution in [0.25, 0.3) is 0 Å². The van der Waals surface area contributed by atoms with Gasteiger partial charge in [-0.05, 0) is 24.1 Å². The second kappa shape index (κ2) is 3.91. The lowest BCUT2D eigenvalue weighted by Crippen LogP contribution is -2.12. The molecule has 0 saturated heterocycles. The van der Waals surface area contributed by atoms with Gasteiger partial charge >= 0.3 is 5.97 Å². The number of benzene rings is 1. The Hall–Kier alpha value is -1.35.